The predicted molar refractivity (Wildman–Crippen MR) is 48.0 cm³/mol. The minimum Gasteiger partial charge on any atom is -0.340 e. The Kier molecular flexibility index (Phi) is 2.39. The van der Waals surface area contributed by atoms with E-state index in [9.17, 15) is 14.4 Å². The highest BCUT2D eigenvalue weighted by molar-refractivity contribution is 6.44. The zero-order chi connectivity index (χ0) is 11.7. The van der Waals surface area contributed by atoms with Crippen LogP contribution in [0.5, 0.6) is 0 Å². The summed E-state index contributed by atoms with van der Waals surface area (Å²) in [5.74, 6) is -0.972. The number of rotatable bonds is 3. The first-order valence-corrected chi connectivity index (χ1v) is 4.54. The third kappa shape index (κ3) is 1.76. The second kappa shape index (κ2) is 3.72. The number of nitrogens with one attached hydrogen (secondary N) is 1. The van der Waals surface area contributed by atoms with Crippen molar-refractivity contribution in [3.8, 4) is 0 Å². The molecule has 8 heteroatoms. The van der Waals surface area contributed by atoms with Gasteiger partial charge in [-0.3, -0.25) is 19.8 Å². The number of carbonyl (C=O) groups is 3. The van der Waals surface area contributed by atoms with Gasteiger partial charge in [0.05, 0.1) is 0 Å². The summed E-state index contributed by atoms with van der Waals surface area (Å²) in [6.45, 7) is 1.68. The van der Waals surface area contributed by atoms with Gasteiger partial charge in [-0.1, -0.05) is 5.16 Å². The average molecular weight is 224 g/mol. The van der Waals surface area contributed by atoms with Gasteiger partial charge < -0.3 is 4.52 Å². The van der Waals surface area contributed by atoms with E-state index in [-0.39, 0.29) is 13.0 Å². The van der Waals surface area contributed by atoms with Crippen LogP contribution in [-0.2, 0) is 16.0 Å². The van der Waals surface area contributed by atoms with Crippen molar-refractivity contribution in [1.82, 2.24) is 20.4 Å². The van der Waals surface area contributed by atoms with E-state index in [0.29, 0.717) is 11.7 Å². The maximum absolute atomic E-state index is 11.2. The lowest BCUT2D eigenvalue weighted by Gasteiger charge is -2.08. The molecule has 1 N–H and O–H groups in total. The van der Waals surface area contributed by atoms with E-state index >= 15 is 0 Å². The van der Waals surface area contributed by atoms with Gasteiger partial charge in [-0.05, 0) is 0 Å². The highest BCUT2D eigenvalue weighted by Gasteiger charge is 2.36. The standard InChI is InChI=1S/C8H8N4O4/c1-4-9-5(11-16-4)2-3-12-7(14)6(13)10-8(12)15/h2-3H2,1H3,(H,10,13,15). The Morgan fingerprint density at radius 3 is 2.62 bits per heavy atom. The molecule has 4 amide bonds. The molecule has 16 heavy (non-hydrogen) atoms. The van der Waals surface area contributed by atoms with Crippen molar-refractivity contribution in [2.75, 3.05) is 6.54 Å². The molecule has 0 radical (unpaired) electrons. The summed E-state index contributed by atoms with van der Waals surface area (Å²) in [5, 5.41) is 5.50. The van der Waals surface area contributed by atoms with Crippen LogP contribution in [0.25, 0.3) is 0 Å². The zero-order valence-corrected chi connectivity index (χ0v) is 8.39. The van der Waals surface area contributed by atoms with Crippen molar-refractivity contribution in [2.24, 2.45) is 0 Å². The molecule has 1 aliphatic heterocycles. The number of carbonyl (C=O) groups excluding carboxylic acids is 3. The fraction of sp³-hybridized carbons (Fsp3) is 0.375. The summed E-state index contributed by atoms with van der Waals surface area (Å²) in [6, 6.07) is -0.713. The first-order valence-electron chi connectivity index (χ1n) is 4.54. The largest absolute Gasteiger partial charge is 0.340 e. The van der Waals surface area contributed by atoms with Crippen LogP contribution in [0.1, 0.15) is 11.7 Å². The van der Waals surface area contributed by atoms with Gasteiger partial charge in [0.15, 0.2) is 5.82 Å². The molecule has 0 unspecified atom stereocenters. The maximum Gasteiger partial charge on any atom is 0.331 e. The Balaban J connectivity index is 1.98. The summed E-state index contributed by atoms with van der Waals surface area (Å²) in [7, 11) is 0. The van der Waals surface area contributed by atoms with Crippen molar-refractivity contribution in [1.29, 1.82) is 0 Å². The first-order chi connectivity index (χ1) is 7.58. The predicted octanol–water partition coefficient (Wildman–Crippen LogP) is -1.00. The lowest BCUT2D eigenvalue weighted by molar-refractivity contribution is -0.140. The second-order valence-electron chi connectivity index (χ2n) is 3.20. The maximum atomic E-state index is 11.2. The van der Waals surface area contributed by atoms with Crippen LogP contribution in [0, 0.1) is 6.92 Å². The van der Waals surface area contributed by atoms with Crippen LogP contribution in [0.3, 0.4) is 0 Å². The average Bonchev–Trinajstić information content (AvgIpc) is 2.72. The molecule has 0 bridgehead atoms. The molecular weight excluding hydrogens is 216 g/mol. The van der Waals surface area contributed by atoms with Gasteiger partial charge in [0, 0.05) is 19.9 Å². The van der Waals surface area contributed by atoms with Crippen molar-refractivity contribution in [3.63, 3.8) is 0 Å². The zero-order valence-electron chi connectivity index (χ0n) is 8.39. The molecule has 1 fully saturated rings. The summed E-state index contributed by atoms with van der Waals surface area (Å²) in [5.41, 5.74) is 0. The molecule has 1 aromatic rings. The van der Waals surface area contributed by atoms with E-state index in [1.165, 1.54) is 0 Å². The van der Waals surface area contributed by atoms with Crippen molar-refractivity contribution >= 4 is 17.8 Å². The van der Waals surface area contributed by atoms with Gasteiger partial charge in [0.2, 0.25) is 5.89 Å². The highest BCUT2D eigenvalue weighted by atomic mass is 16.5. The molecule has 0 atom stereocenters. The number of aryl methyl sites for hydroxylation is 1. The molecule has 1 aromatic heterocycles. The lowest BCUT2D eigenvalue weighted by atomic mass is 10.3. The summed E-state index contributed by atoms with van der Waals surface area (Å²) < 4.78 is 4.72. The minimum atomic E-state index is -0.908. The Morgan fingerprint density at radius 1 is 1.38 bits per heavy atom. The Hall–Kier alpha value is -2.25. The van der Waals surface area contributed by atoms with Gasteiger partial charge in [-0.15, -0.1) is 0 Å². The number of nitrogens with zero attached hydrogens (tertiary/aromatic N) is 3. The van der Waals surface area contributed by atoms with Crippen molar-refractivity contribution in [2.45, 2.75) is 13.3 Å². The minimum absolute atomic E-state index is 0.0510. The quantitative estimate of drug-likeness (QED) is 0.521. The van der Waals surface area contributed by atoms with Gasteiger partial charge in [0.1, 0.15) is 0 Å². The third-order valence-electron chi connectivity index (χ3n) is 2.03. The summed E-state index contributed by atoms with van der Waals surface area (Å²) in [6.07, 6.45) is 0.254. The third-order valence-corrected chi connectivity index (χ3v) is 2.03. The van der Waals surface area contributed by atoms with E-state index in [2.05, 4.69) is 10.1 Å². The number of amides is 4. The smallest absolute Gasteiger partial charge is 0.331 e. The Bertz CT molecular complexity index is 466. The highest BCUT2D eigenvalue weighted by Crippen LogP contribution is 2.03. The van der Waals surface area contributed by atoms with Gasteiger partial charge in [-0.25, -0.2) is 4.79 Å². The van der Waals surface area contributed by atoms with E-state index in [4.69, 9.17) is 4.52 Å². The number of hydrogen-bond donors (Lipinski definition) is 1. The topological polar surface area (TPSA) is 105 Å². The van der Waals surface area contributed by atoms with Crippen molar-refractivity contribution < 1.29 is 18.9 Å². The molecule has 2 rings (SSSR count). The Morgan fingerprint density at radius 2 is 2.12 bits per heavy atom. The van der Waals surface area contributed by atoms with E-state index in [0.717, 1.165) is 4.90 Å². The second-order valence-corrected chi connectivity index (χ2v) is 3.20. The Labute approximate surface area is 89.6 Å². The fourth-order valence-electron chi connectivity index (χ4n) is 1.29. The van der Waals surface area contributed by atoms with E-state index in [1.54, 1.807) is 6.92 Å². The van der Waals surface area contributed by atoms with Crippen LogP contribution in [0.4, 0.5) is 4.79 Å². The molecule has 8 nitrogen and oxygen atoms in total. The van der Waals surface area contributed by atoms with Gasteiger partial charge in [-0.2, -0.15) is 4.98 Å². The SMILES string of the molecule is Cc1nc(CCN2C(=O)NC(=O)C2=O)no1. The van der Waals surface area contributed by atoms with Gasteiger partial charge >= 0.3 is 17.8 Å². The molecule has 2 heterocycles. The number of aromatic nitrogens is 2. The molecule has 1 aliphatic rings. The normalized spacial score (nSPS) is 15.8. The molecule has 84 valence electrons. The summed E-state index contributed by atoms with van der Waals surface area (Å²) in [4.78, 5) is 37.9. The summed E-state index contributed by atoms with van der Waals surface area (Å²) >= 11 is 0. The number of imide groups is 2. The first kappa shape index (κ1) is 10.3. The molecular formula is C8H8N4O4. The van der Waals surface area contributed by atoms with Crippen molar-refractivity contribution in [3.05, 3.63) is 11.7 Å². The van der Waals surface area contributed by atoms with Gasteiger partial charge in [0.25, 0.3) is 0 Å². The van der Waals surface area contributed by atoms with Crippen LogP contribution in [-0.4, -0.2) is 39.4 Å². The molecule has 0 aliphatic carbocycles. The fourth-order valence-corrected chi connectivity index (χ4v) is 1.29. The van der Waals surface area contributed by atoms with E-state index in [1.807, 2.05) is 5.32 Å². The lowest BCUT2D eigenvalue weighted by Crippen LogP contribution is -2.33. The molecule has 0 saturated carbocycles. The molecule has 0 aromatic carbocycles. The molecule has 0 spiro atoms. The van der Waals surface area contributed by atoms with Crippen LogP contribution >= 0.6 is 0 Å². The van der Waals surface area contributed by atoms with Crippen LogP contribution < -0.4 is 5.32 Å². The number of hydrogen-bond acceptors (Lipinski definition) is 6. The van der Waals surface area contributed by atoms with E-state index < -0.39 is 17.8 Å². The number of urea groups is 1. The molecule has 1 saturated heterocycles. The van der Waals surface area contributed by atoms with Crippen LogP contribution in [0.15, 0.2) is 4.52 Å². The van der Waals surface area contributed by atoms with Crippen LogP contribution in [0.2, 0.25) is 0 Å². The monoisotopic (exact) mass is 224 g/mol.